The highest BCUT2D eigenvalue weighted by atomic mass is 19.1. The number of benzene rings is 2. The van der Waals surface area contributed by atoms with E-state index < -0.39 is 11.8 Å². The number of hydrogen-bond donors (Lipinski definition) is 1. The summed E-state index contributed by atoms with van der Waals surface area (Å²) < 4.78 is 19.7. The van der Waals surface area contributed by atoms with Crippen molar-refractivity contribution in [2.75, 3.05) is 0 Å². The van der Waals surface area contributed by atoms with E-state index >= 15 is 0 Å². The molecule has 3 aromatic rings. The van der Waals surface area contributed by atoms with E-state index in [1.54, 1.807) is 26.8 Å². The lowest BCUT2D eigenvalue weighted by atomic mass is 9.88. The van der Waals surface area contributed by atoms with Gasteiger partial charge in [-0.2, -0.15) is 4.98 Å². The minimum atomic E-state index is -1.00. The molecule has 5 nitrogen and oxygen atoms in total. The lowest BCUT2D eigenvalue weighted by molar-refractivity contribution is 0.0695. The van der Waals surface area contributed by atoms with Gasteiger partial charge in [0.15, 0.2) is 0 Å². The summed E-state index contributed by atoms with van der Waals surface area (Å²) in [5, 5.41) is 13.6. The highest BCUT2D eigenvalue weighted by Gasteiger charge is 2.24. The Bertz CT molecular complexity index is 1080. The fraction of sp³-hybridized carbons (Fsp3) is 0.286. The zero-order valence-corrected chi connectivity index (χ0v) is 16.2. The molecule has 3 rings (SSSR count). The topological polar surface area (TPSA) is 76.2 Å². The molecular formula is C21H21FN2O3. The van der Waals surface area contributed by atoms with Gasteiger partial charge < -0.3 is 9.63 Å². The first-order chi connectivity index (χ1) is 12.6. The number of carboxylic acids is 1. The standard InChI is InChI=1S/C21H21FN2O3/c1-9-7-8-15(22)18(10(9)2)20-23-19(24-27-20)16-12(4)11(3)13(5)17(14(16)6)21(25)26/h7-8H,1-6H3,(H,25,26). The molecule has 0 amide bonds. The molecule has 0 bridgehead atoms. The third-order valence-electron chi connectivity index (χ3n) is 5.39. The molecule has 0 radical (unpaired) electrons. The number of aryl methyl sites for hydroxylation is 1. The Morgan fingerprint density at radius 1 is 0.926 bits per heavy atom. The Hall–Kier alpha value is -3.02. The van der Waals surface area contributed by atoms with E-state index in [9.17, 15) is 14.3 Å². The molecule has 0 aliphatic carbocycles. The second-order valence-electron chi connectivity index (χ2n) is 6.84. The second kappa shape index (κ2) is 6.61. The van der Waals surface area contributed by atoms with E-state index in [0.29, 0.717) is 16.7 Å². The molecule has 0 spiro atoms. The minimum Gasteiger partial charge on any atom is -0.478 e. The summed E-state index contributed by atoms with van der Waals surface area (Å²) in [6, 6.07) is 3.07. The molecule has 0 aliphatic rings. The largest absolute Gasteiger partial charge is 0.478 e. The highest BCUT2D eigenvalue weighted by Crippen LogP contribution is 2.35. The minimum absolute atomic E-state index is 0.0811. The number of carbonyl (C=O) groups is 1. The fourth-order valence-electron chi connectivity index (χ4n) is 3.47. The summed E-state index contributed by atoms with van der Waals surface area (Å²) in [4.78, 5) is 16.1. The van der Waals surface area contributed by atoms with Crippen molar-refractivity contribution < 1.29 is 18.8 Å². The summed E-state index contributed by atoms with van der Waals surface area (Å²) in [5.41, 5.74) is 5.77. The van der Waals surface area contributed by atoms with Crippen LogP contribution in [-0.4, -0.2) is 21.2 Å². The van der Waals surface area contributed by atoms with Crippen LogP contribution in [0.15, 0.2) is 16.7 Å². The van der Waals surface area contributed by atoms with Crippen molar-refractivity contribution >= 4 is 5.97 Å². The molecule has 0 aliphatic heterocycles. The van der Waals surface area contributed by atoms with Crippen molar-refractivity contribution in [2.24, 2.45) is 0 Å². The normalized spacial score (nSPS) is 11.1. The fourth-order valence-corrected chi connectivity index (χ4v) is 3.47. The van der Waals surface area contributed by atoms with Crippen molar-refractivity contribution in [3.05, 3.63) is 56.9 Å². The van der Waals surface area contributed by atoms with Crippen molar-refractivity contribution in [1.29, 1.82) is 0 Å². The average molecular weight is 368 g/mol. The van der Waals surface area contributed by atoms with Crippen LogP contribution in [0.5, 0.6) is 0 Å². The van der Waals surface area contributed by atoms with E-state index in [-0.39, 0.29) is 22.8 Å². The number of halogens is 1. The van der Waals surface area contributed by atoms with Crippen LogP contribution < -0.4 is 0 Å². The number of aromatic nitrogens is 2. The summed E-state index contributed by atoms with van der Waals surface area (Å²) in [7, 11) is 0. The van der Waals surface area contributed by atoms with Crippen LogP contribution >= 0.6 is 0 Å². The summed E-state index contributed by atoms with van der Waals surface area (Å²) >= 11 is 0. The van der Waals surface area contributed by atoms with Crippen molar-refractivity contribution in [3.63, 3.8) is 0 Å². The van der Waals surface area contributed by atoms with Crippen LogP contribution in [-0.2, 0) is 0 Å². The summed E-state index contributed by atoms with van der Waals surface area (Å²) in [5.74, 6) is -1.10. The zero-order chi connectivity index (χ0) is 20.0. The van der Waals surface area contributed by atoms with Gasteiger partial charge >= 0.3 is 5.97 Å². The molecule has 0 unspecified atom stereocenters. The van der Waals surface area contributed by atoms with E-state index in [1.165, 1.54) is 6.07 Å². The maximum absolute atomic E-state index is 14.4. The van der Waals surface area contributed by atoms with Gasteiger partial charge in [-0.25, -0.2) is 9.18 Å². The van der Waals surface area contributed by atoms with Gasteiger partial charge in [-0.15, -0.1) is 0 Å². The van der Waals surface area contributed by atoms with Gasteiger partial charge in [-0.1, -0.05) is 11.2 Å². The number of nitrogens with zero attached hydrogens (tertiary/aromatic N) is 2. The number of carboxylic acid groups (broad SMARTS) is 1. The molecule has 6 heteroatoms. The van der Waals surface area contributed by atoms with Gasteiger partial charge in [0.05, 0.1) is 11.1 Å². The Morgan fingerprint density at radius 2 is 1.59 bits per heavy atom. The van der Waals surface area contributed by atoms with Crippen LogP contribution in [0.2, 0.25) is 0 Å². The van der Waals surface area contributed by atoms with Crippen molar-refractivity contribution in [2.45, 2.75) is 41.5 Å². The summed E-state index contributed by atoms with van der Waals surface area (Å²) in [6.45, 7) is 11.0. The smallest absolute Gasteiger partial charge is 0.336 e. The molecule has 1 aromatic heterocycles. The predicted molar refractivity (Wildman–Crippen MR) is 101 cm³/mol. The van der Waals surface area contributed by atoms with Gasteiger partial charge in [-0.3, -0.25) is 0 Å². The Kier molecular flexibility index (Phi) is 4.59. The van der Waals surface area contributed by atoms with E-state index in [2.05, 4.69) is 10.1 Å². The van der Waals surface area contributed by atoms with Gasteiger partial charge in [0, 0.05) is 5.56 Å². The van der Waals surface area contributed by atoms with Crippen LogP contribution in [0.1, 0.15) is 43.7 Å². The maximum Gasteiger partial charge on any atom is 0.336 e. The molecule has 27 heavy (non-hydrogen) atoms. The monoisotopic (exact) mass is 368 g/mol. The Labute approximate surface area is 156 Å². The van der Waals surface area contributed by atoms with E-state index in [1.807, 2.05) is 20.8 Å². The van der Waals surface area contributed by atoms with Crippen LogP contribution in [0.4, 0.5) is 4.39 Å². The molecule has 1 N–H and O–H groups in total. The predicted octanol–water partition coefficient (Wildman–Crippen LogP) is 5.09. The number of hydrogen-bond acceptors (Lipinski definition) is 4. The van der Waals surface area contributed by atoms with Crippen molar-refractivity contribution in [1.82, 2.24) is 10.1 Å². The van der Waals surface area contributed by atoms with Crippen LogP contribution in [0.3, 0.4) is 0 Å². The molecule has 0 atom stereocenters. The molecule has 0 saturated heterocycles. The van der Waals surface area contributed by atoms with Gasteiger partial charge in [-0.05, 0) is 81.0 Å². The highest BCUT2D eigenvalue weighted by molar-refractivity contribution is 5.94. The summed E-state index contributed by atoms with van der Waals surface area (Å²) in [6.07, 6.45) is 0. The lowest BCUT2D eigenvalue weighted by Gasteiger charge is -2.16. The average Bonchev–Trinajstić information content (AvgIpc) is 3.05. The zero-order valence-electron chi connectivity index (χ0n) is 16.2. The molecule has 2 aromatic carbocycles. The molecule has 140 valence electrons. The van der Waals surface area contributed by atoms with Crippen molar-refractivity contribution in [3.8, 4) is 22.8 Å². The Balaban J connectivity index is 2.25. The van der Waals surface area contributed by atoms with E-state index in [4.69, 9.17) is 4.52 Å². The third kappa shape index (κ3) is 2.91. The van der Waals surface area contributed by atoms with E-state index in [0.717, 1.165) is 22.3 Å². The first-order valence-electron chi connectivity index (χ1n) is 8.58. The first-order valence-corrected chi connectivity index (χ1v) is 8.58. The molecule has 0 fully saturated rings. The van der Waals surface area contributed by atoms with Gasteiger partial charge in [0.2, 0.25) is 5.82 Å². The molecule has 1 heterocycles. The quantitative estimate of drug-likeness (QED) is 0.697. The van der Waals surface area contributed by atoms with Crippen LogP contribution in [0.25, 0.3) is 22.8 Å². The second-order valence-corrected chi connectivity index (χ2v) is 6.84. The number of aromatic carboxylic acids is 1. The van der Waals surface area contributed by atoms with Crippen LogP contribution in [0, 0.1) is 47.4 Å². The Morgan fingerprint density at radius 3 is 2.22 bits per heavy atom. The number of rotatable bonds is 3. The molecular weight excluding hydrogens is 347 g/mol. The van der Waals surface area contributed by atoms with Gasteiger partial charge in [0.25, 0.3) is 5.89 Å². The SMILES string of the molecule is Cc1ccc(F)c(-c2nc(-c3c(C)c(C)c(C)c(C(=O)O)c3C)no2)c1C. The maximum atomic E-state index is 14.4. The lowest BCUT2D eigenvalue weighted by Crippen LogP contribution is -2.09. The third-order valence-corrected chi connectivity index (χ3v) is 5.39. The molecule has 0 saturated carbocycles. The first kappa shape index (κ1) is 18.8. The van der Waals surface area contributed by atoms with Gasteiger partial charge in [0.1, 0.15) is 5.82 Å².